The van der Waals surface area contributed by atoms with E-state index < -0.39 is 12.0 Å². The monoisotopic (exact) mass is 330 g/mol. The number of benzene rings is 1. The molecule has 0 bridgehead atoms. The third-order valence-corrected chi connectivity index (χ3v) is 3.66. The molecule has 2 rings (SSSR count). The number of allylic oxidation sites excluding steroid dienone is 1. The molecular formula is C16H18F4N2O. The predicted octanol–water partition coefficient (Wildman–Crippen LogP) is 2.98. The third kappa shape index (κ3) is 5.67. The Hall–Kier alpha value is -1.89. The standard InChI is InChI=1S/C16H18F4N2O/c17-14-4-2-13(3-5-14)12-22-8-1-7-21(10-11-22)9-6-15(23)16(18,19)20/h2-6,9H,1,7-8,10-12H2/b9-6+. The first-order chi connectivity index (χ1) is 10.8. The van der Waals surface area contributed by atoms with Gasteiger partial charge in [0, 0.05) is 45.0 Å². The van der Waals surface area contributed by atoms with Gasteiger partial charge in [0.15, 0.2) is 0 Å². The van der Waals surface area contributed by atoms with Gasteiger partial charge in [-0.2, -0.15) is 13.2 Å². The van der Waals surface area contributed by atoms with Crippen LogP contribution in [-0.2, 0) is 11.3 Å². The predicted molar refractivity (Wildman–Crippen MR) is 78.1 cm³/mol. The lowest BCUT2D eigenvalue weighted by Crippen LogP contribution is -2.28. The van der Waals surface area contributed by atoms with Crippen molar-refractivity contribution in [2.75, 3.05) is 26.2 Å². The highest BCUT2D eigenvalue weighted by atomic mass is 19.4. The molecule has 1 aromatic rings. The largest absolute Gasteiger partial charge is 0.454 e. The first-order valence-electron chi connectivity index (χ1n) is 7.35. The lowest BCUT2D eigenvalue weighted by molar-refractivity contribution is -0.165. The van der Waals surface area contributed by atoms with Crippen LogP contribution in [0.25, 0.3) is 0 Å². The molecule has 0 aliphatic carbocycles. The van der Waals surface area contributed by atoms with Gasteiger partial charge < -0.3 is 4.90 Å². The summed E-state index contributed by atoms with van der Waals surface area (Å²) in [5.41, 5.74) is 0.989. The molecule has 7 heteroatoms. The van der Waals surface area contributed by atoms with Crippen molar-refractivity contribution >= 4 is 5.78 Å². The second kappa shape index (κ2) is 7.59. The van der Waals surface area contributed by atoms with Crippen LogP contribution in [-0.4, -0.2) is 47.9 Å². The Bertz CT molecular complexity index is 554. The van der Waals surface area contributed by atoms with Gasteiger partial charge in [-0.15, -0.1) is 0 Å². The summed E-state index contributed by atoms with van der Waals surface area (Å²) in [4.78, 5) is 14.7. The van der Waals surface area contributed by atoms with Crippen molar-refractivity contribution in [3.05, 3.63) is 47.9 Å². The van der Waals surface area contributed by atoms with E-state index in [2.05, 4.69) is 4.90 Å². The van der Waals surface area contributed by atoms with E-state index in [4.69, 9.17) is 0 Å². The lowest BCUT2D eigenvalue weighted by atomic mass is 10.2. The summed E-state index contributed by atoms with van der Waals surface area (Å²) in [7, 11) is 0. The van der Waals surface area contributed by atoms with Crippen LogP contribution < -0.4 is 0 Å². The van der Waals surface area contributed by atoms with Crippen LogP contribution >= 0.6 is 0 Å². The van der Waals surface area contributed by atoms with Gasteiger partial charge in [0.2, 0.25) is 0 Å². The van der Waals surface area contributed by atoms with Gasteiger partial charge in [0.25, 0.3) is 5.78 Å². The molecular weight excluding hydrogens is 312 g/mol. The Morgan fingerprint density at radius 1 is 1.09 bits per heavy atom. The van der Waals surface area contributed by atoms with E-state index in [1.54, 1.807) is 17.0 Å². The maximum Gasteiger partial charge on any atom is 0.454 e. The molecule has 0 unspecified atom stereocenters. The number of hydrogen-bond acceptors (Lipinski definition) is 3. The van der Waals surface area contributed by atoms with Crippen LogP contribution in [0.4, 0.5) is 17.6 Å². The fourth-order valence-corrected chi connectivity index (χ4v) is 2.41. The molecule has 1 fully saturated rings. The Balaban J connectivity index is 1.86. The van der Waals surface area contributed by atoms with Gasteiger partial charge in [-0.3, -0.25) is 9.69 Å². The highest BCUT2D eigenvalue weighted by Gasteiger charge is 2.36. The smallest absolute Gasteiger partial charge is 0.376 e. The zero-order valence-electron chi connectivity index (χ0n) is 12.5. The van der Waals surface area contributed by atoms with Crippen LogP contribution in [0.5, 0.6) is 0 Å². The van der Waals surface area contributed by atoms with Crippen molar-refractivity contribution < 1.29 is 22.4 Å². The summed E-state index contributed by atoms with van der Waals surface area (Å²) < 4.78 is 49.4. The summed E-state index contributed by atoms with van der Waals surface area (Å²) in [6, 6.07) is 6.26. The minimum absolute atomic E-state index is 0.282. The first-order valence-corrected chi connectivity index (χ1v) is 7.35. The summed E-state index contributed by atoms with van der Waals surface area (Å²) in [5.74, 6) is -2.12. The summed E-state index contributed by atoms with van der Waals surface area (Å²) >= 11 is 0. The molecule has 1 saturated heterocycles. The topological polar surface area (TPSA) is 23.6 Å². The number of halogens is 4. The first kappa shape index (κ1) is 17.5. The van der Waals surface area contributed by atoms with Gasteiger partial charge in [-0.1, -0.05) is 12.1 Å². The molecule has 1 aliphatic rings. The minimum atomic E-state index is -4.82. The van der Waals surface area contributed by atoms with Crippen LogP contribution in [0.3, 0.4) is 0 Å². The van der Waals surface area contributed by atoms with E-state index in [1.807, 2.05) is 0 Å². The second-order valence-electron chi connectivity index (χ2n) is 5.47. The highest BCUT2D eigenvalue weighted by Crippen LogP contribution is 2.17. The second-order valence-corrected chi connectivity index (χ2v) is 5.47. The van der Waals surface area contributed by atoms with E-state index >= 15 is 0 Å². The lowest BCUT2D eigenvalue weighted by Gasteiger charge is -2.20. The van der Waals surface area contributed by atoms with E-state index in [0.717, 1.165) is 18.5 Å². The molecule has 0 N–H and O–H groups in total. The summed E-state index contributed by atoms with van der Waals surface area (Å²) in [6.45, 7) is 3.28. The third-order valence-electron chi connectivity index (χ3n) is 3.66. The van der Waals surface area contributed by atoms with Crippen molar-refractivity contribution in [3.63, 3.8) is 0 Å². The van der Waals surface area contributed by atoms with E-state index in [9.17, 15) is 22.4 Å². The van der Waals surface area contributed by atoms with Crippen molar-refractivity contribution in [1.29, 1.82) is 0 Å². The van der Waals surface area contributed by atoms with Crippen molar-refractivity contribution in [2.45, 2.75) is 19.1 Å². The quantitative estimate of drug-likeness (QED) is 0.626. The number of rotatable bonds is 4. The molecule has 1 aromatic carbocycles. The van der Waals surface area contributed by atoms with Gasteiger partial charge in [0.05, 0.1) is 0 Å². The maximum absolute atomic E-state index is 12.9. The van der Waals surface area contributed by atoms with E-state index in [-0.39, 0.29) is 5.82 Å². The summed E-state index contributed by atoms with van der Waals surface area (Å²) in [6.07, 6.45) is -2.24. The molecule has 0 saturated carbocycles. The van der Waals surface area contributed by atoms with E-state index in [1.165, 1.54) is 18.3 Å². The summed E-state index contributed by atoms with van der Waals surface area (Å²) in [5, 5.41) is 0. The molecule has 0 atom stereocenters. The Morgan fingerprint density at radius 3 is 2.43 bits per heavy atom. The zero-order chi connectivity index (χ0) is 16.9. The molecule has 0 spiro atoms. The van der Waals surface area contributed by atoms with Crippen molar-refractivity contribution in [1.82, 2.24) is 9.80 Å². The van der Waals surface area contributed by atoms with Gasteiger partial charge >= 0.3 is 6.18 Å². The molecule has 126 valence electrons. The van der Waals surface area contributed by atoms with Gasteiger partial charge in [-0.25, -0.2) is 4.39 Å². The molecule has 1 heterocycles. The van der Waals surface area contributed by atoms with Gasteiger partial charge in [-0.05, 0) is 24.1 Å². The minimum Gasteiger partial charge on any atom is -0.376 e. The molecule has 1 aliphatic heterocycles. The zero-order valence-corrected chi connectivity index (χ0v) is 12.5. The molecule has 0 aromatic heterocycles. The Kier molecular flexibility index (Phi) is 5.76. The fourth-order valence-electron chi connectivity index (χ4n) is 2.41. The fraction of sp³-hybridized carbons (Fsp3) is 0.438. The molecule has 3 nitrogen and oxygen atoms in total. The molecule has 23 heavy (non-hydrogen) atoms. The average Bonchev–Trinajstić information content (AvgIpc) is 2.71. The number of carbonyl (C=O) groups excluding carboxylic acids is 1. The van der Waals surface area contributed by atoms with Crippen LogP contribution in [0.15, 0.2) is 36.5 Å². The maximum atomic E-state index is 12.9. The molecule has 0 radical (unpaired) electrons. The van der Waals surface area contributed by atoms with Crippen LogP contribution in [0.1, 0.15) is 12.0 Å². The van der Waals surface area contributed by atoms with Crippen LogP contribution in [0.2, 0.25) is 0 Å². The van der Waals surface area contributed by atoms with Crippen molar-refractivity contribution in [3.8, 4) is 0 Å². The number of ketones is 1. The Morgan fingerprint density at radius 2 is 1.78 bits per heavy atom. The number of hydrogen-bond donors (Lipinski definition) is 0. The SMILES string of the molecule is O=C(/C=C/N1CCCN(Cc2ccc(F)cc2)CC1)C(F)(F)F. The van der Waals surface area contributed by atoms with Crippen LogP contribution in [0, 0.1) is 5.82 Å². The Labute approximate surface area is 132 Å². The van der Waals surface area contributed by atoms with Crippen molar-refractivity contribution in [2.24, 2.45) is 0 Å². The number of nitrogens with zero attached hydrogens (tertiary/aromatic N) is 2. The van der Waals surface area contributed by atoms with Gasteiger partial charge in [0.1, 0.15) is 5.82 Å². The number of carbonyl (C=O) groups is 1. The normalized spacial score (nSPS) is 17.5. The highest BCUT2D eigenvalue weighted by molar-refractivity contribution is 5.94. The van der Waals surface area contributed by atoms with E-state index in [0.29, 0.717) is 32.3 Å². The molecule has 0 amide bonds. The average molecular weight is 330 g/mol. The number of alkyl halides is 3.